The lowest BCUT2D eigenvalue weighted by Crippen LogP contribution is -2.25. The van der Waals surface area contributed by atoms with Crippen LogP contribution >= 0.6 is 0 Å². The number of ether oxygens (including phenoxy) is 1. The summed E-state index contributed by atoms with van der Waals surface area (Å²) in [4.78, 5) is 15.0. The average Bonchev–Trinajstić information content (AvgIpc) is 2.65. The molecule has 2 rings (SSSR count). The van der Waals surface area contributed by atoms with Gasteiger partial charge in [-0.1, -0.05) is 12.1 Å². The number of hydrogen-bond acceptors (Lipinski definition) is 3. The molecule has 1 N–H and O–H groups in total. The van der Waals surface area contributed by atoms with Gasteiger partial charge in [-0.25, -0.2) is 0 Å². The highest BCUT2D eigenvalue weighted by Crippen LogP contribution is 2.12. The minimum Gasteiger partial charge on any atom is -0.497 e. The monoisotopic (exact) mass is 204 g/mol. The van der Waals surface area contributed by atoms with Crippen LogP contribution in [-0.2, 0) is 11.2 Å². The zero-order chi connectivity index (χ0) is 10.7. The first-order valence-corrected chi connectivity index (χ1v) is 4.74. The van der Waals surface area contributed by atoms with E-state index in [1.165, 1.54) is 0 Å². The van der Waals surface area contributed by atoms with Crippen molar-refractivity contribution in [2.24, 2.45) is 4.99 Å². The van der Waals surface area contributed by atoms with Crippen LogP contribution in [-0.4, -0.2) is 25.4 Å². The van der Waals surface area contributed by atoms with E-state index in [-0.39, 0.29) is 12.5 Å². The number of methoxy groups -OCH3 is 1. The zero-order valence-corrected chi connectivity index (χ0v) is 8.49. The van der Waals surface area contributed by atoms with Crippen LogP contribution in [0, 0.1) is 0 Å². The van der Waals surface area contributed by atoms with Gasteiger partial charge >= 0.3 is 0 Å². The summed E-state index contributed by atoms with van der Waals surface area (Å²) in [6, 6.07) is 7.72. The Kier molecular flexibility index (Phi) is 2.67. The second kappa shape index (κ2) is 4.13. The van der Waals surface area contributed by atoms with E-state index in [1.54, 1.807) is 7.11 Å². The quantitative estimate of drug-likeness (QED) is 0.790. The molecular formula is C11H12N2O2. The van der Waals surface area contributed by atoms with Gasteiger partial charge in [-0.15, -0.1) is 0 Å². The van der Waals surface area contributed by atoms with E-state index < -0.39 is 0 Å². The molecule has 78 valence electrons. The van der Waals surface area contributed by atoms with Crippen LogP contribution in [0.3, 0.4) is 0 Å². The van der Waals surface area contributed by atoms with Crippen molar-refractivity contribution >= 4 is 11.7 Å². The molecule has 0 saturated heterocycles. The first-order chi connectivity index (χ1) is 7.28. The van der Waals surface area contributed by atoms with Crippen LogP contribution in [0.1, 0.15) is 5.56 Å². The van der Waals surface area contributed by atoms with Crippen molar-refractivity contribution in [1.29, 1.82) is 0 Å². The summed E-state index contributed by atoms with van der Waals surface area (Å²) < 4.78 is 5.06. The number of benzene rings is 1. The number of carbonyl (C=O) groups is 1. The van der Waals surface area contributed by atoms with E-state index in [1.807, 2.05) is 24.3 Å². The molecule has 0 atom stereocenters. The van der Waals surface area contributed by atoms with Crippen molar-refractivity contribution in [2.75, 3.05) is 13.7 Å². The number of hydrogen-bond donors (Lipinski definition) is 1. The van der Waals surface area contributed by atoms with Gasteiger partial charge < -0.3 is 10.1 Å². The highest BCUT2D eigenvalue weighted by Gasteiger charge is 2.12. The molecule has 0 bridgehead atoms. The lowest BCUT2D eigenvalue weighted by molar-refractivity contribution is -0.117. The predicted molar refractivity (Wildman–Crippen MR) is 57.1 cm³/mol. The van der Waals surface area contributed by atoms with Crippen LogP contribution in [0.5, 0.6) is 5.75 Å². The number of rotatable bonds is 3. The summed E-state index contributed by atoms with van der Waals surface area (Å²) in [5.74, 6) is 1.54. The summed E-state index contributed by atoms with van der Waals surface area (Å²) >= 11 is 0. The summed E-state index contributed by atoms with van der Waals surface area (Å²) in [5, 5.41) is 2.71. The first-order valence-electron chi connectivity index (χ1n) is 4.74. The van der Waals surface area contributed by atoms with Gasteiger partial charge in [0.2, 0.25) is 5.91 Å². The Labute approximate surface area is 88.0 Å². The SMILES string of the molecule is COc1ccc(CC2=NCC(=O)N2)cc1. The highest BCUT2D eigenvalue weighted by molar-refractivity contribution is 6.04. The second-order valence-electron chi connectivity index (χ2n) is 3.34. The van der Waals surface area contributed by atoms with Crippen LogP contribution in [0.25, 0.3) is 0 Å². The van der Waals surface area contributed by atoms with Crippen LogP contribution in [0.4, 0.5) is 0 Å². The Bertz CT molecular complexity index is 396. The molecule has 4 heteroatoms. The summed E-state index contributed by atoms with van der Waals surface area (Å²) in [5.41, 5.74) is 1.11. The van der Waals surface area contributed by atoms with Gasteiger partial charge in [0.05, 0.1) is 7.11 Å². The number of amidine groups is 1. The highest BCUT2D eigenvalue weighted by atomic mass is 16.5. The number of carbonyl (C=O) groups excluding carboxylic acids is 1. The largest absolute Gasteiger partial charge is 0.497 e. The third-order valence-electron chi connectivity index (χ3n) is 2.23. The second-order valence-corrected chi connectivity index (χ2v) is 3.34. The van der Waals surface area contributed by atoms with E-state index in [0.717, 1.165) is 17.1 Å². The average molecular weight is 204 g/mol. The zero-order valence-electron chi connectivity index (χ0n) is 8.49. The van der Waals surface area contributed by atoms with Crippen molar-refractivity contribution in [3.05, 3.63) is 29.8 Å². The summed E-state index contributed by atoms with van der Waals surface area (Å²) in [6.07, 6.45) is 0.662. The van der Waals surface area contributed by atoms with Crippen molar-refractivity contribution < 1.29 is 9.53 Å². The third kappa shape index (κ3) is 2.34. The molecule has 1 amide bonds. The van der Waals surface area contributed by atoms with Crippen molar-refractivity contribution in [3.8, 4) is 5.75 Å². The van der Waals surface area contributed by atoms with Gasteiger partial charge in [0, 0.05) is 6.42 Å². The topological polar surface area (TPSA) is 50.7 Å². The summed E-state index contributed by atoms with van der Waals surface area (Å²) in [7, 11) is 1.64. The van der Waals surface area contributed by atoms with Gasteiger partial charge in [-0.2, -0.15) is 0 Å². The van der Waals surface area contributed by atoms with E-state index in [0.29, 0.717) is 6.42 Å². The van der Waals surface area contributed by atoms with Crippen LogP contribution in [0.2, 0.25) is 0 Å². The molecule has 1 heterocycles. The van der Waals surface area contributed by atoms with Crippen molar-refractivity contribution in [3.63, 3.8) is 0 Å². The molecule has 4 nitrogen and oxygen atoms in total. The Morgan fingerprint density at radius 1 is 1.40 bits per heavy atom. The molecular weight excluding hydrogens is 192 g/mol. The van der Waals surface area contributed by atoms with Gasteiger partial charge in [-0.3, -0.25) is 9.79 Å². The molecule has 0 aromatic heterocycles. The molecule has 0 radical (unpaired) electrons. The molecule has 0 spiro atoms. The predicted octanol–water partition coefficient (Wildman–Crippen LogP) is 0.766. The van der Waals surface area contributed by atoms with Crippen LogP contribution in [0.15, 0.2) is 29.3 Å². The number of nitrogens with zero attached hydrogens (tertiary/aromatic N) is 1. The fourth-order valence-electron chi connectivity index (χ4n) is 1.44. The molecule has 1 aromatic carbocycles. The lowest BCUT2D eigenvalue weighted by atomic mass is 10.1. The fourth-order valence-corrected chi connectivity index (χ4v) is 1.44. The minimum atomic E-state index is -0.0292. The molecule has 0 fully saturated rings. The minimum absolute atomic E-state index is 0.0292. The Morgan fingerprint density at radius 2 is 2.13 bits per heavy atom. The Morgan fingerprint density at radius 3 is 2.67 bits per heavy atom. The smallest absolute Gasteiger partial charge is 0.247 e. The normalized spacial score (nSPS) is 14.7. The number of amides is 1. The maximum absolute atomic E-state index is 10.9. The molecule has 0 unspecified atom stereocenters. The van der Waals surface area contributed by atoms with Crippen LogP contribution < -0.4 is 10.1 Å². The standard InChI is InChI=1S/C11H12N2O2/c1-15-9-4-2-8(3-5-9)6-10-12-7-11(14)13-10/h2-5H,6-7H2,1H3,(H,12,13,14). The Hall–Kier alpha value is -1.84. The molecule has 1 aliphatic heterocycles. The molecule has 0 saturated carbocycles. The van der Waals surface area contributed by atoms with E-state index in [2.05, 4.69) is 10.3 Å². The van der Waals surface area contributed by atoms with Gasteiger partial charge in [0.15, 0.2) is 0 Å². The number of aliphatic imine (C=N–C) groups is 1. The van der Waals surface area contributed by atoms with E-state index in [4.69, 9.17) is 4.74 Å². The molecule has 15 heavy (non-hydrogen) atoms. The van der Waals surface area contributed by atoms with Gasteiger partial charge in [-0.05, 0) is 17.7 Å². The number of nitrogens with one attached hydrogen (secondary N) is 1. The summed E-state index contributed by atoms with van der Waals surface area (Å²) in [6.45, 7) is 0.255. The maximum atomic E-state index is 10.9. The molecule has 0 aliphatic carbocycles. The Balaban J connectivity index is 2.02. The van der Waals surface area contributed by atoms with Gasteiger partial charge in [0.25, 0.3) is 0 Å². The molecule has 1 aliphatic rings. The first kappa shape index (κ1) is 9.71. The van der Waals surface area contributed by atoms with E-state index >= 15 is 0 Å². The van der Waals surface area contributed by atoms with Gasteiger partial charge in [0.1, 0.15) is 18.1 Å². The third-order valence-corrected chi connectivity index (χ3v) is 2.23. The van der Waals surface area contributed by atoms with Crippen molar-refractivity contribution in [2.45, 2.75) is 6.42 Å². The maximum Gasteiger partial charge on any atom is 0.247 e. The van der Waals surface area contributed by atoms with E-state index in [9.17, 15) is 4.79 Å². The molecule has 1 aromatic rings. The lowest BCUT2D eigenvalue weighted by Gasteiger charge is -2.03. The van der Waals surface area contributed by atoms with Crippen molar-refractivity contribution in [1.82, 2.24) is 5.32 Å². The fraction of sp³-hybridized carbons (Fsp3) is 0.273.